The Kier molecular flexibility index (Phi) is 5.72. The Labute approximate surface area is 172 Å². The van der Waals surface area contributed by atoms with Crippen molar-refractivity contribution in [2.24, 2.45) is 7.05 Å². The van der Waals surface area contributed by atoms with Gasteiger partial charge in [0.2, 0.25) is 15.9 Å². The van der Waals surface area contributed by atoms with Gasteiger partial charge in [0.15, 0.2) is 0 Å². The first-order valence-electron chi connectivity index (χ1n) is 9.33. The third-order valence-electron chi connectivity index (χ3n) is 5.29. The van der Waals surface area contributed by atoms with Crippen LogP contribution in [0.4, 0.5) is 18.9 Å². The predicted octanol–water partition coefficient (Wildman–Crippen LogP) is 3.05. The van der Waals surface area contributed by atoms with E-state index in [9.17, 15) is 26.4 Å². The van der Waals surface area contributed by atoms with Crippen molar-refractivity contribution in [2.45, 2.75) is 50.7 Å². The second kappa shape index (κ2) is 7.69. The number of alkyl halides is 3. The molecule has 1 aromatic heterocycles. The van der Waals surface area contributed by atoms with Gasteiger partial charge in [-0.3, -0.25) is 9.48 Å². The van der Waals surface area contributed by atoms with Crippen LogP contribution < -0.4 is 9.62 Å². The van der Waals surface area contributed by atoms with Crippen LogP contribution >= 0.6 is 0 Å². The molecule has 1 aliphatic heterocycles. The summed E-state index contributed by atoms with van der Waals surface area (Å²) in [7, 11) is -3.01. The summed E-state index contributed by atoms with van der Waals surface area (Å²) in [6.07, 6.45) is -3.74. The molecule has 2 aromatic rings. The van der Waals surface area contributed by atoms with E-state index >= 15 is 0 Å². The fourth-order valence-electron chi connectivity index (χ4n) is 3.74. The summed E-state index contributed by atoms with van der Waals surface area (Å²) in [6.45, 7) is 4.87. The fourth-order valence-corrected chi connectivity index (χ4v) is 5.16. The van der Waals surface area contributed by atoms with Gasteiger partial charge in [-0.05, 0) is 51.0 Å². The molecule has 1 fully saturated rings. The molecule has 1 N–H and O–H groups in total. The van der Waals surface area contributed by atoms with Crippen molar-refractivity contribution in [3.63, 3.8) is 0 Å². The maximum atomic E-state index is 13.8. The van der Waals surface area contributed by atoms with E-state index in [0.717, 1.165) is 0 Å². The summed E-state index contributed by atoms with van der Waals surface area (Å²) < 4.78 is 70.4. The molecule has 0 bridgehead atoms. The Bertz CT molecular complexity index is 1090. The number of anilines is 1. The lowest BCUT2D eigenvalue weighted by atomic mass is 10.1. The highest BCUT2D eigenvalue weighted by molar-refractivity contribution is 7.89. The number of hydrogen-bond donors (Lipinski definition) is 1. The van der Waals surface area contributed by atoms with E-state index in [1.165, 1.54) is 55.6 Å². The number of rotatable bonds is 5. The van der Waals surface area contributed by atoms with Crippen molar-refractivity contribution >= 4 is 21.6 Å². The van der Waals surface area contributed by atoms with E-state index in [1.54, 1.807) is 0 Å². The van der Waals surface area contributed by atoms with Gasteiger partial charge >= 0.3 is 6.18 Å². The van der Waals surface area contributed by atoms with Gasteiger partial charge in [0.1, 0.15) is 6.04 Å². The van der Waals surface area contributed by atoms with Gasteiger partial charge in [-0.15, -0.1) is 0 Å². The standard InChI is InChI=1S/C19H23F3N4O3S/c1-11-10-14(26-9-5-6-16(26)27)7-8-15(11)30(28,29)24-18(19(20,21)22)17-12(2)23-25(4)13(17)3/h7-8,10,18,24H,5-6,9H2,1-4H3. The number of nitrogens with one attached hydrogen (secondary N) is 1. The second-order valence-electron chi connectivity index (χ2n) is 7.40. The van der Waals surface area contributed by atoms with Crippen LogP contribution in [0.25, 0.3) is 0 Å². The third kappa shape index (κ3) is 4.08. The van der Waals surface area contributed by atoms with Gasteiger partial charge in [-0.2, -0.15) is 23.0 Å². The average Bonchev–Trinajstić information content (AvgIpc) is 3.15. The monoisotopic (exact) mass is 444 g/mol. The highest BCUT2D eigenvalue weighted by Gasteiger charge is 2.46. The summed E-state index contributed by atoms with van der Waals surface area (Å²) in [5, 5.41) is 3.97. The van der Waals surface area contributed by atoms with Gasteiger partial charge < -0.3 is 4.90 Å². The zero-order valence-corrected chi connectivity index (χ0v) is 17.9. The van der Waals surface area contributed by atoms with Crippen molar-refractivity contribution < 1.29 is 26.4 Å². The molecule has 7 nitrogen and oxygen atoms in total. The Morgan fingerprint density at radius 1 is 1.20 bits per heavy atom. The van der Waals surface area contributed by atoms with Crippen molar-refractivity contribution in [1.82, 2.24) is 14.5 Å². The molecule has 30 heavy (non-hydrogen) atoms. The van der Waals surface area contributed by atoms with Crippen molar-refractivity contribution in [3.05, 3.63) is 40.7 Å². The normalized spacial score (nSPS) is 16.4. The minimum Gasteiger partial charge on any atom is -0.312 e. The number of nitrogens with zero attached hydrogens (tertiary/aromatic N) is 3. The molecule has 1 aromatic carbocycles. The summed E-state index contributed by atoms with van der Waals surface area (Å²) >= 11 is 0. The van der Waals surface area contributed by atoms with E-state index in [2.05, 4.69) is 5.10 Å². The molecule has 0 aliphatic carbocycles. The van der Waals surface area contributed by atoms with Crippen LogP contribution in [0, 0.1) is 20.8 Å². The van der Waals surface area contributed by atoms with Gasteiger partial charge in [0.05, 0.1) is 10.6 Å². The molecule has 0 saturated carbocycles. The summed E-state index contributed by atoms with van der Waals surface area (Å²) in [5.41, 5.74) is 0.878. The number of benzene rings is 1. The molecule has 11 heteroatoms. The van der Waals surface area contributed by atoms with Crippen molar-refractivity contribution in [1.29, 1.82) is 0 Å². The number of carbonyl (C=O) groups is 1. The zero-order chi connectivity index (χ0) is 22.4. The molecule has 1 amide bonds. The molecule has 1 aliphatic rings. The summed E-state index contributed by atoms with van der Waals surface area (Å²) in [4.78, 5) is 13.2. The van der Waals surface area contributed by atoms with Crippen LogP contribution in [-0.2, 0) is 21.9 Å². The maximum Gasteiger partial charge on any atom is 0.409 e. The third-order valence-corrected chi connectivity index (χ3v) is 6.87. The number of hydrogen-bond acceptors (Lipinski definition) is 4. The first-order chi connectivity index (χ1) is 13.8. The highest BCUT2D eigenvalue weighted by Crippen LogP contribution is 2.37. The number of aromatic nitrogens is 2. The smallest absolute Gasteiger partial charge is 0.312 e. The van der Waals surface area contributed by atoms with Crippen LogP contribution in [0.5, 0.6) is 0 Å². The topological polar surface area (TPSA) is 84.3 Å². The van der Waals surface area contributed by atoms with Crippen molar-refractivity contribution in [3.8, 4) is 0 Å². The SMILES string of the molecule is Cc1cc(N2CCCC2=O)ccc1S(=O)(=O)NC(c1c(C)nn(C)c1C)C(F)(F)F. The Hall–Kier alpha value is -2.40. The van der Waals surface area contributed by atoms with E-state index < -0.39 is 22.2 Å². The molecule has 1 saturated heterocycles. The quantitative estimate of drug-likeness (QED) is 0.768. The van der Waals surface area contributed by atoms with E-state index in [0.29, 0.717) is 25.1 Å². The summed E-state index contributed by atoms with van der Waals surface area (Å²) in [5.74, 6) is -0.0669. The number of sulfonamides is 1. The number of aryl methyl sites for hydroxylation is 3. The first-order valence-corrected chi connectivity index (χ1v) is 10.8. The lowest BCUT2D eigenvalue weighted by Gasteiger charge is -2.23. The Balaban J connectivity index is 1.98. The lowest BCUT2D eigenvalue weighted by Crippen LogP contribution is -2.39. The molecule has 2 heterocycles. The zero-order valence-electron chi connectivity index (χ0n) is 17.0. The van der Waals surface area contributed by atoms with Crippen LogP contribution in [0.1, 0.15) is 41.4 Å². The predicted molar refractivity (Wildman–Crippen MR) is 105 cm³/mol. The van der Waals surface area contributed by atoms with Gasteiger partial charge in [0.25, 0.3) is 0 Å². The van der Waals surface area contributed by atoms with Crippen LogP contribution in [0.15, 0.2) is 23.1 Å². The number of halogens is 3. The largest absolute Gasteiger partial charge is 0.409 e. The molecular formula is C19H23F3N4O3S. The van der Waals surface area contributed by atoms with E-state index in [-0.39, 0.29) is 33.3 Å². The molecule has 3 rings (SSSR count). The summed E-state index contributed by atoms with van der Waals surface area (Å²) in [6, 6.07) is 1.74. The van der Waals surface area contributed by atoms with E-state index in [4.69, 9.17) is 0 Å². The molecule has 1 unspecified atom stereocenters. The molecule has 0 spiro atoms. The fraction of sp³-hybridized carbons (Fsp3) is 0.474. The first kappa shape index (κ1) is 22.3. The number of carbonyl (C=O) groups excluding carboxylic acids is 1. The second-order valence-corrected chi connectivity index (χ2v) is 9.09. The van der Waals surface area contributed by atoms with Crippen LogP contribution in [-0.4, -0.2) is 36.8 Å². The molecule has 164 valence electrons. The van der Waals surface area contributed by atoms with Gasteiger partial charge in [-0.1, -0.05) is 0 Å². The van der Waals surface area contributed by atoms with Crippen molar-refractivity contribution in [2.75, 3.05) is 11.4 Å². The molecule has 1 atom stereocenters. The minimum atomic E-state index is -4.86. The maximum absolute atomic E-state index is 13.8. The minimum absolute atomic E-state index is 0.0669. The van der Waals surface area contributed by atoms with Gasteiger partial charge in [0, 0.05) is 37.0 Å². The lowest BCUT2D eigenvalue weighted by molar-refractivity contribution is -0.153. The van der Waals surface area contributed by atoms with E-state index in [1.807, 2.05) is 4.72 Å². The molecular weight excluding hydrogens is 421 g/mol. The molecule has 0 radical (unpaired) electrons. The number of amides is 1. The Morgan fingerprint density at radius 2 is 1.87 bits per heavy atom. The highest BCUT2D eigenvalue weighted by atomic mass is 32.2. The van der Waals surface area contributed by atoms with Crippen LogP contribution in [0.2, 0.25) is 0 Å². The van der Waals surface area contributed by atoms with Gasteiger partial charge in [-0.25, -0.2) is 8.42 Å². The van der Waals surface area contributed by atoms with Crippen LogP contribution in [0.3, 0.4) is 0 Å². The Morgan fingerprint density at radius 3 is 2.33 bits per heavy atom. The average molecular weight is 444 g/mol.